The third kappa shape index (κ3) is 6.90. The van der Waals surface area contributed by atoms with Crippen molar-refractivity contribution in [3.8, 4) is 5.75 Å². The Balaban J connectivity index is 1.38. The van der Waals surface area contributed by atoms with E-state index in [1.165, 1.54) is 0 Å². The fraction of sp³-hybridized carbons (Fsp3) is 0.692. The first-order chi connectivity index (χ1) is 18.3. The number of rotatable bonds is 6. The van der Waals surface area contributed by atoms with Gasteiger partial charge in [0.05, 0.1) is 0 Å². The van der Waals surface area contributed by atoms with Crippen LogP contribution in [0.2, 0.25) is 0 Å². The van der Waals surface area contributed by atoms with Crippen molar-refractivity contribution >= 4 is 12.0 Å². The lowest BCUT2D eigenvalue weighted by atomic mass is 9.85. The van der Waals surface area contributed by atoms with E-state index in [0.29, 0.717) is 25.1 Å². The van der Waals surface area contributed by atoms with Crippen molar-refractivity contribution in [1.82, 2.24) is 14.7 Å². The van der Waals surface area contributed by atoms with E-state index < -0.39 is 24.5 Å². The molecule has 0 aliphatic carbocycles. The van der Waals surface area contributed by atoms with Crippen LogP contribution >= 0.6 is 0 Å². The molecule has 0 unspecified atom stereocenters. The number of aryl methyl sites for hydroxylation is 1. The molecule has 13 heteroatoms. The number of carbonyl (C=O) groups excluding carboxylic acids is 2. The lowest BCUT2D eigenvalue weighted by Gasteiger charge is -2.45. The molecule has 0 atom stereocenters. The fourth-order valence-electron chi connectivity index (χ4n) is 5.74. The van der Waals surface area contributed by atoms with Gasteiger partial charge in [0.2, 0.25) is 0 Å². The van der Waals surface area contributed by atoms with Gasteiger partial charge in [-0.1, -0.05) is 12.1 Å². The topological polar surface area (TPSA) is 62.3 Å². The maximum Gasteiger partial charge on any atom is 0.434 e. The normalized spacial score (nSPS) is 20.2. The predicted molar refractivity (Wildman–Crippen MR) is 128 cm³/mol. The molecule has 39 heavy (non-hydrogen) atoms. The zero-order chi connectivity index (χ0) is 28.4. The summed E-state index contributed by atoms with van der Waals surface area (Å²) in [6, 6.07) is 5.77. The van der Waals surface area contributed by atoms with Crippen molar-refractivity contribution in [1.29, 1.82) is 0 Å². The van der Waals surface area contributed by atoms with Crippen LogP contribution in [0, 0.1) is 6.92 Å². The summed E-state index contributed by atoms with van der Waals surface area (Å²) in [5.74, 6) is 0.547. The fourth-order valence-corrected chi connectivity index (χ4v) is 5.74. The average Bonchev–Trinajstić information content (AvgIpc) is 3.52. The molecule has 3 aliphatic heterocycles. The van der Waals surface area contributed by atoms with Crippen LogP contribution in [0.5, 0.6) is 5.75 Å². The number of benzene rings is 1. The Labute approximate surface area is 223 Å². The summed E-state index contributed by atoms with van der Waals surface area (Å²) in [7, 11) is 0. The number of carbonyl (C=O) groups is 2. The van der Waals surface area contributed by atoms with Gasteiger partial charge in [-0.25, -0.2) is 4.79 Å². The molecule has 0 N–H and O–H groups in total. The number of halogens is 6. The van der Waals surface area contributed by atoms with Gasteiger partial charge in [0.15, 0.2) is 6.61 Å². The van der Waals surface area contributed by atoms with Crippen molar-refractivity contribution in [3.05, 3.63) is 29.3 Å². The molecule has 0 bridgehead atoms. The minimum Gasteiger partial charge on any atom is -0.483 e. The van der Waals surface area contributed by atoms with Crippen molar-refractivity contribution in [2.75, 3.05) is 39.3 Å². The molecule has 1 aromatic rings. The summed E-state index contributed by atoms with van der Waals surface area (Å²) in [6.45, 7) is 4.55. The molecule has 3 saturated heterocycles. The molecule has 2 amide bonds. The second kappa shape index (κ2) is 11.4. The Kier molecular flexibility index (Phi) is 8.58. The smallest absolute Gasteiger partial charge is 0.434 e. The van der Waals surface area contributed by atoms with Gasteiger partial charge in [-0.05, 0) is 63.6 Å². The van der Waals surface area contributed by atoms with Gasteiger partial charge in [0.1, 0.15) is 5.75 Å². The third-order valence-corrected chi connectivity index (χ3v) is 7.90. The Morgan fingerprint density at radius 1 is 0.897 bits per heavy atom. The second-order valence-corrected chi connectivity index (χ2v) is 10.6. The summed E-state index contributed by atoms with van der Waals surface area (Å²) < 4.78 is 86.8. The lowest BCUT2D eigenvalue weighted by Crippen LogP contribution is -2.54. The molecule has 3 aliphatic rings. The molecule has 1 aromatic carbocycles. The molecule has 3 fully saturated rings. The maximum absolute atomic E-state index is 12.8. The van der Waals surface area contributed by atoms with Gasteiger partial charge >= 0.3 is 18.4 Å². The zero-order valence-electron chi connectivity index (χ0n) is 21.7. The number of hydrogen-bond donors (Lipinski definition) is 0. The SMILES string of the molecule is Cc1ccc(CN2CCCC23CCN(C(=O)OC(C(F)(F)F)C(F)(F)F)CC3)c(OCC(=O)N2CCCC2)c1. The van der Waals surface area contributed by atoms with E-state index in [-0.39, 0.29) is 31.1 Å². The molecule has 0 aromatic heterocycles. The third-order valence-electron chi connectivity index (χ3n) is 7.90. The van der Waals surface area contributed by atoms with Crippen LogP contribution in [0.4, 0.5) is 31.1 Å². The van der Waals surface area contributed by atoms with Gasteiger partial charge in [-0.15, -0.1) is 0 Å². The monoisotopic (exact) mass is 565 g/mol. The van der Waals surface area contributed by atoms with Crippen molar-refractivity contribution in [3.63, 3.8) is 0 Å². The molecule has 0 radical (unpaired) electrons. The number of likely N-dealkylation sites (tertiary alicyclic amines) is 3. The van der Waals surface area contributed by atoms with E-state index >= 15 is 0 Å². The maximum atomic E-state index is 12.8. The molecule has 218 valence electrons. The molecule has 1 spiro atoms. The van der Waals surface area contributed by atoms with E-state index in [9.17, 15) is 35.9 Å². The van der Waals surface area contributed by atoms with Crippen LogP contribution in [0.25, 0.3) is 0 Å². The Morgan fingerprint density at radius 2 is 1.54 bits per heavy atom. The highest BCUT2D eigenvalue weighted by atomic mass is 19.4. The quantitative estimate of drug-likeness (QED) is 0.452. The van der Waals surface area contributed by atoms with E-state index in [1.807, 2.05) is 25.1 Å². The first-order valence-electron chi connectivity index (χ1n) is 13.1. The highest BCUT2D eigenvalue weighted by Crippen LogP contribution is 2.41. The molecular formula is C26H33F6N3O4. The van der Waals surface area contributed by atoms with Gasteiger partial charge < -0.3 is 19.3 Å². The Bertz CT molecular complexity index is 1020. The first kappa shape index (κ1) is 29.3. The first-order valence-corrected chi connectivity index (χ1v) is 13.1. The van der Waals surface area contributed by atoms with E-state index in [1.54, 1.807) is 4.90 Å². The summed E-state index contributed by atoms with van der Waals surface area (Å²) in [6.07, 6.45) is -12.9. The average molecular weight is 566 g/mol. The number of nitrogens with zero attached hydrogens (tertiary/aromatic N) is 3. The van der Waals surface area contributed by atoms with Crippen LogP contribution in [0.1, 0.15) is 49.7 Å². The van der Waals surface area contributed by atoms with Crippen LogP contribution in [0.3, 0.4) is 0 Å². The van der Waals surface area contributed by atoms with Gasteiger partial charge in [0.25, 0.3) is 12.0 Å². The summed E-state index contributed by atoms with van der Waals surface area (Å²) >= 11 is 0. The largest absolute Gasteiger partial charge is 0.483 e. The summed E-state index contributed by atoms with van der Waals surface area (Å²) in [4.78, 5) is 29.6. The Hall–Kier alpha value is -2.70. The number of piperidine rings is 1. The summed E-state index contributed by atoms with van der Waals surface area (Å²) in [5.41, 5.74) is 1.51. The van der Waals surface area contributed by atoms with Gasteiger partial charge in [-0.2, -0.15) is 26.3 Å². The highest BCUT2D eigenvalue weighted by molar-refractivity contribution is 5.78. The van der Waals surface area contributed by atoms with E-state index in [4.69, 9.17) is 4.74 Å². The second-order valence-electron chi connectivity index (χ2n) is 10.6. The van der Waals surface area contributed by atoms with E-state index in [0.717, 1.165) is 61.3 Å². The molecule has 4 rings (SSSR count). The number of alkyl halides is 6. The minimum atomic E-state index is -5.75. The highest BCUT2D eigenvalue weighted by Gasteiger charge is 2.60. The number of ether oxygens (including phenoxy) is 2. The minimum absolute atomic E-state index is 0.0145. The standard InChI is InChI=1S/C26H33F6N3O4/c1-18-5-6-19(20(15-18)38-17-21(36)33-10-2-3-11-33)16-35-12-4-7-24(35)8-13-34(14-9-24)23(37)39-22(25(27,28)29)26(30,31)32/h5-6,15,22H,2-4,7-14,16-17H2,1H3. The van der Waals surface area contributed by atoms with Gasteiger partial charge in [0, 0.05) is 43.8 Å². The number of hydrogen-bond acceptors (Lipinski definition) is 5. The Morgan fingerprint density at radius 3 is 2.15 bits per heavy atom. The van der Waals surface area contributed by atoms with E-state index in [2.05, 4.69) is 9.64 Å². The van der Waals surface area contributed by atoms with Crippen LogP contribution < -0.4 is 4.74 Å². The number of amides is 2. The molecular weight excluding hydrogens is 532 g/mol. The molecule has 0 saturated carbocycles. The molecule has 7 nitrogen and oxygen atoms in total. The van der Waals surface area contributed by atoms with Crippen LogP contribution in [-0.4, -0.2) is 90.0 Å². The van der Waals surface area contributed by atoms with Crippen LogP contribution in [0.15, 0.2) is 18.2 Å². The van der Waals surface area contributed by atoms with Gasteiger partial charge in [-0.3, -0.25) is 9.69 Å². The van der Waals surface area contributed by atoms with Crippen LogP contribution in [-0.2, 0) is 16.1 Å². The summed E-state index contributed by atoms with van der Waals surface area (Å²) in [5, 5.41) is 0. The van der Waals surface area contributed by atoms with Crippen molar-refractivity contribution in [2.24, 2.45) is 0 Å². The zero-order valence-corrected chi connectivity index (χ0v) is 21.7. The van der Waals surface area contributed by atoms with Crippen molar-refractivity contribution < 1.29 is 45.4 Å². The molecule has 3 heterocycles. The predicted octanol–water partition coefficient (Wildman–Crippen LogP) is 5.06. The van der Waals surface area contributed by atoms with Crippen molar-refractivity contribution in [2.45, 2.75) is 76.0 Å². The lowest BCUT2D eigenvalue weighted by molar-refractivity contribution is -0.308.